The van der Waals surface area contributed by atoms with Crippen molar-refractivity contribution in [1.82, 2.24) is 0 Å². The van der Waals surface area contributed by atoms with Crippen LogP contribution >= 0.6 is 11.6 Å². The molecule has 3 aromatic carbocycles. The van der Waals surface area contributed by atoms with Crippen molar-refractivity contribution in [2.75, 3.05) is 11.5 Å². The molecule has 1 heterocycles. The number of Topliss-reactive ketones (excluding diaryl/α,β-unsaturated/α-hetero) is 1. The van der Waals surface area contributed by atoms with Gasteiger partial charge in [0.25, 0.3) is 11.7 Å². The summed E-state index contributed by atoms with van der Waals surface area (Å²) < 4.78 is 19.4. The number of nitrogens with zero attached hydrogens (tertiary/aromatic N) is 1. The zero-order chi connectivity index (χ0) is 25.1. The fraction of sp³-hybridized carbons (Fsp3) is 0.214. The van der Waals surface area contributed by atoms with E-state index >= 15 is 0 Å². The van der Waals surface area contributed by atoms with Crippen LogP contribution in [0.15, 0.2) is 72.3 Å². The molecule has 1 N–H and O–H groups in total. The number of amides is 1. The van der Waals surface area contributed by atoms with Crippen LogP contribution in [0.5, 0.6) is 5.75 Å². The highest BCUT2D eigenvalue weighted by Crippen LogP contribution is 2.43. The van der Waals surface area contributed by atoms with Gasteiger partial charge in [0, 0.05) is 11.3 Å². The van der Waals surface area contributed by atoms with Gasteiger partial charge in [0.15, 0.2) is 0 Å². The maximum Gasteiger partial charge on any atom is 0.300 e. The number of rotatable bonds is 7. The van der Waals surface area contributed by atoms with E-state index in [1.54, 1.807) is 24.3 Å². The molecule has 180 valence electrons. The van der Waals surface area contributed by atoms with E-state index in [0.29, 0.717) is 23.5 Å². The summed E-state index contributed by atoms with van der Waals surface area (Å²) in [5, 5.41) is 11.1. The van der Waals surface area contributed by atoms with Gasteiger partial charge in [0.05, 0.1) is 23.2 Å². The molecular formula is C28H25ClFNO4. The van der Waals surface area contributed by atoms with Crippen LogP contribution in [-0.4, -0.2) is 23.4 Å². The number of aryl methyl sites for hydroxylation is 1. The number of halogens is 2. The number of carbonyl (C=O) groups is 2. The summed E-state index contributed by atoms with van der Waals surface area (Å²) in [7, 11) is 0. The Kier molecular flexibility index (Phi) is 7.22. The fourth-order valence-electron chi connectivity index (χ4n) is 4.07. The number of hydrogen-bond donors (Lipinski definition) is 1. The summed E-state index contributed by atoms with van der Waals surface area (Å²) in [6.07, 6.45) is 1.68. The van der Waals surface area contributed by atoms with E-state index in [1.807, 2.05) is 38.1 Å². The average Bonchev–Trinajstić information content (AvgIpc) is 3.14. The highest BCUT2D eigenvalue weighted by atomic mass is 35.5. The maximum atomic E-state index is 13.8. The first-order valence-corrected chi connectivity index (χ1v) is 11.8. The number of hydrogen-bond acceptors (Lipinski definition) is 4. The van der Waals surface area contributed by atoms with Gasteiger partial charge in [0.2, 0.25) is 0 Å². The molecule has 1 aliphatic heterocycles. The largest absolute Gasteiger partial charge is 0.507 e. The lowest BCUT2D eigenvalue weighted by atomic mass is 9.94. The minimum Gasteiger partial charge on any atom is -0.507 e. The summed E-state index contributed by atoms with van der Waals surface area (Å²) in [4.78, 5) is 27.7. The lowest BCUT2D eigenvalue weighted by Crippen LogP contribution is -2.29. The lowest BCUT2D eigenvalue weighted by molar-refractivity contribution is -0.132. The van der Waals surface area contributed by atoms with E-state index in [1.165, 1.54) is 17.0 Å². The molecule has 1 saturated heterocycles. The van der Waals surface area contributed by atoms with E-state index in [-0.39, 0.29) is 22.0 Å². The van der Waals surface area contributed by atoms with Gasteiger partial charge in [-0.05, 0) is 66.4 Å². The Labute approximate surface area is 208 Å². The standard InChI is InChI=1S/C28H25ClFNO4/c1-3-15-35-21-12-9-19(10-13-21)26(32)24-25(18-7-5-17(4-2)6-8-18)31(28(34)27(24)33)20-11-14-23(30)22(29)16-20/h5-14,16,25,32H,3-4,15H2,1-2H3/b26-24+. The van der Waals surface area contributed by atoms with Crippen molar-refractivity contribution in [3.8, 4) is 5.75 Å². The second-order valence-electron chi connectivity index (χ2n) is 8.24. The van der Waals surface area contributed by atoms with Crippen LogP contribution in [0.4, 0.5) is 10.1 Å². The summed E-state index contributed by atoms with van der Waals surface area (Å²) in [5.41, 5.74) is 2.29. The smallest absolute Gasteiger partial charge is 0.300 e. The van der Waals surface area contributed by atoms with Gasteiger partial charge in [-0.25, -0.2) is 4.39 Å². The lowest BCUT2D eigenvalue weighted by Gasteiger charge is -2.26. The van der Waals surface area contributed by atoms with Crippen LogP contribution in [0, 0.1) is 5.82 Å². The third-order valence-electron chi connectivity index (χ3n) is 5.93. The monoisotopic (exact) mass is 493 g/mol. The van der Waals surface area contributed by atoms with Crippen molar-refractivity contribution in [1.29, 1.82) is 0 Å². The van der Waals surface area contributed by atoms with E-state index in [9.17, 15) is 19.1 Å². The highest BCUT2D eigenvalue weighted by Gasteiger charge is 2.47. The van der Waals surface area contributed by atoms with E-state index in [2.05, 4.69) is 0 Å². The Morgan fingerprint density at radius 1 is 1.03 bits per heavy atom. The van der Waals surface area contributed by atoms with Gasteiger partial charge in [0.1, 0.15) is 17.3 Å². The zero-order valence-corrected chi connectivity index (χ0v) is 20.2. The molecule has 1 atom stereocenters. The summed E-state index contributed by atoms with van der Waals surface area (Å²) >= 11 is 5.98. The predicted molar refractivity (Wildman–Crippen MR) is 134 cm³/mol. The van der Waals surface area contributed by atoms with Crippen molar-refractivity contribution in [3.63, 3.8) is 0 Å². The van der Waals surface area contributed by atoms with Crippen molar-refractivity contribution in [3.05, 3.63) is 99.8 Å². The summed E-state index contributed by atoms with van der Waals surface area (Å²) in [6.45, 7) is 4.58. The molecule has 1 aliphatic rings. The van der Waals surface area contributed by atoms with Crippen LogP contribution in [0.25, 0.3) is 5.76 Å². The van der Waals surface area contributed by atoms with Gasteiger partial charge >= 0.3 is 0 Å². The number of anilines is 1. The first kappa shape index (κ1) is 24.5. The Bertz CT molecular complexity index is 1290. The van der Waals surface area contributed by atoms with Crippen LogP contribution in [0.1, 0.15) is 43.0 Å². The molecule has 0 bridgehead atoms. The van der Waals surface area contributed by atoms with Gasteiger partial charge in [-0.3, -0.25) is 14.5 Å². The second kappa shape index (κ2) is 10.3. The van der Waals surface area contributed by atoms with Crippen LogP contribution < -0.4 is 9.64 Å². The van der Waals surface area contributed by atoms with Crippen molar-refractivity contribution in [2.24, 2.45) is 0 Å². The topological polar surface area (TPSA) is 66.8 Å². The number of ether oxygens (including phenoxy) is 1. The molecule has 1 amide bonds. The Hall–Kier alpha value is -3.64. The predicted octanol–water partition coefficient (Wildman–Crippen LogP) is 6.46. The third-order valence-corrected chi connectivity index (χ3v) is 6.22. The number of carbonyl (C=O) groups excluding carboxylic acids is 2. The molecule has 1 unspecified atom stereocenters. The Morgan fingerprint density at radius 3 is 2.31 bits per heavy atom. The van der Waals surface area contributed by atoms with Gasteiger partial charge in [-0.15, -0.1) is 0 Å². The molecule has 1 fully saturated rings. The molecule has 0 saturated carbocycles. The SMILES string of the molecule is CCCOc1ccc(/C(O)=C2\C(=O)C(=O)N(c3ccc(F)c(Cl)c3)C2c2ccc(CC)cc2)cc1. The summed E-state index contributed by atoms with van der Waals surface area (Å²) in [5.74, 6) is -1.97. The number of ketones is 1. The minimum absolute atomic E-state index is 0.0538. The van der Waals surface area contributed by atoms with Gasteiger partial charge in [-0.2, -0.15) is 0 Å². The first-order chi connectivity index (χ1) is 16.8. The third kappa shape index (κ3) is 4.80. The first-order valence-electron chi connectivity index (χ1n) is 11.4. The fourth-order valence-corrected chi connectivity index (χ4v) is 4.24. The van der Waals surface area contributed by atoms with E-state index < -0.39 is 23.5 Å². The molecule has 5 nitrogen and oxygen atoms in total. The molecule has 3 aromatic rings. The molecule has 7 heteroatoms. The molecule has 0 aromatic heterocycles. The number of benzene rings is 3. The number of aliphatic hydroxyl groups excluding tert-OH is 1. The van der Waals surface area contributed by atoms with Gasteiger partial charge < -0.3 is 9.84 Å². The van der Waals surface area contributed by atoms with Crippen LogP contribution in [0.3, 0.4) is 0 Å². The van der Waals surface area contributed by atoms with Gasteiger partial charge in [-0.1, -0.05) is 49.7 Å². The van der Waals surface area contributed by atoms with Crippen molar-refractivity contribution >= 4 is 34.7 Å². The average molecular weight is 494 g/mol. The minimum atomic E-state index is -0.918. The summed E-state index contributed by atoms with van der Waals surface area (Å²) in [6, 6.07) is 17.1. The molecule has 0 aliphatic carbocycles. The zero-order valence-electron chi connectivity index (χ0n) is 19.4. The molecule has 4 rings (SSSR count). The van der Waals surface area contributed by atoms with Crippen LogP contribution in [0.2, 0.25) is 5.02 Å². The van der Waals surface area contributed by atoms with E-state index in [0.717, 1.165) is 24.5 Å². The molecule has 35 heavy (non-hydrogen) atoms. The quantitative estimate of drug-likeness (QED) is 0.233. The highest BCUT2D eigenvalue weighted by molar-refractivity contribution is 6.51. The Morgan fingerprint density at radius 2 is 1.71 bits per heavy atom. The molecular weight excluding hydrogens is 469 g/mol. The normalized spacial score (nSPS) is 17.1. The van der Waals surface area contributed by atoms with Crippen molar-refractivity contribution < 1.29 is 23.8 Å². The van der Waals surface area contributed by atoms with E-state index in [4.69, 9.17) is 16.3 Å². The Balaban J connectivity index is 1.85. The maximum absolute atomic E-state index is 13.8. The molecule has 0 spiro atoms. The van der Waals surface area contributed by atoms with Crippen molar-refractivity contribution in [2.45, 2.75) is 32.7 Å². The molecule has 0 radical (unpaired) electrons. The second-order valence-corrected chi connectivity index (χ2v) is 8.64. The number of aliphatic hydroxyl groups is 1. The van der Waals surface area contributed by atoms with Crippen LogP contribution in [-0.2, 0) is 16.0 Å².